The molecule has 0 fully saturated rings. The summed E-state index contributed by atoms with van der Waals surface area (Å²) < 4.78 is 13.8. The number of ether oxygens (including phenoxy) is 2. The summed E-state index contributed by atoms with van der Waals surface area (Å²) in [7, 11) is 0. The van der Waals surface area contributed by atoms with E-state index in [-0.39, 0.29) is 6.42 Å². The van der Waals surface area contributed by atoms with Gasteiger partial charge in [-0.25, -0.2) is 4.98 Å². The van der Waals surface area contributed by atoms with Gasteiger partial charge in [0.2, 0.25) is 0 Å². The Balaban J connectivity index is 1.88. The lowest BCUT2D eigenvalue weighted by Gasteiger charge is -2.39. The summed E-state index contributed by atoms with van der Waals surface area (Å²) in [6.45, 7) is 10.9. The topological polar surface area (TPSA) is 70.4 Å². The van der Waals surface area contributed by atoms with Gasteiger partial charge in [-0.2, -0.15) is 0 Å². The maximum atomic E-state index is 14.2. The van der Waals surface area contributed by atoms with Crippen molar-refractivity contribution in [1.29, 1.82) is 0 Å². The summed E-state index contributed by atoms with van der Waals surface area (Å²) in [4.78, 5) is 32.9. The minimum atomic E-state index is -1.07. The smallest absolute Gasteiger partial charge is 0.317 e. The largest absolute Gasteiger partial charge is 0.460 e. The molecule has 6 nitrogen and oxygen atoms in total. The van der Waals surface area contributed by atoms with E-state index in [1.54, 1.807) is 0 Å². The van der Waals surface area contributed by atoms with Crippen molar-refractivity contribution in [2.45, 2.75) is 70.6 Å². The van der Waals surface area contributed by atoms with Crippen LogP contribution in [0.4, 0.5) is 0 Å². The summed E-state index contributed by atoms with van der Waals surface area (Å²) in [6, 6.07) is 40.4. The average molecular weight is 615 g/mol. The molecule has 0 aliphatic rings. The van der Waals surface area contributed by atoms with Crippen LogP contribution in [0.5, 0.6) is 0 Å². The van der Waals surface area contributed by atoms with E-state index < -0.39 is 34.6 Å². The third-order valence-electron chi connectivity index (χ3n) is 7.53. The Morgan fingerprint density at radius 2 is 1.04 bits per heavy atom. The maximum absolute atomic E-state index is 14.2. The second kappa shape index (κ2) is 13.2. The van der Waals surface area contributed by atoms with Crippen LogP contribution in [-0.2, 0) is 24.6 Å². The van der Waals surface area contributed by atoms with Crippen molar-refractivity contribution in [3.8, 4) is 11.3 Å². The Bertz CT molecular complexity index is 1650. The van der Waals surface area contributed by atoms with E-state index in [4.69, 9.17) is 14.5 Å². The molecule has 0 amide bonds. The molecule has 6 heteroatoms. The molecule has 1 unspecified atom stereocenters. The van der Waals surface area contributed by atoms with E-state index in [1.807, 2.05) is 133 Å². The molecule has 1 aromatic heterocycles. The molecule has 0 spiro atoms. The lowest BCUT2D eigenvalue weighted by atomic mass is 9.76. The summed E-state index contributed by atoms with van der Waals surface area (Å²) in [5, 5.41) is 0. The molecule has 0 saturated carbocycles. The molecule has 0 aliphatic heterocycles. The first-order valence-corrected chi connectivity index (χ1v) is 15.6. The third kappa shape index (κ3) is 7.12. The molecule has 236 valence electrons. The molecular weight excluding hydrogens is 572 g/mol. The predicted molar refractivity (Wildman–Crippen MR) is 181 cm³/mol. The minimum Gasteiger partial charge on any atom is -0.460 e. The van der Waals surface area contributed by atoms with Crippen LogP contribution in [0.15, 0.2) is 128 Å². The van der Waals surface area contributed by atoms with Gasteiger partial charge in [0.05, 0.1) is 12.1 Å². The summed E-state index contributed by atoms with van der Waals surface area (Å²) >= 11 is 0. The molecule has 1 heterocycles. The Morgan fingerprint density at radius 3 is 1.46 bits per heavy atom. The van der Waals surface area contributed by atoms with E-state index in [0.29, 0.717) is 11.5 Å². The summed E-state index contributed by atoms with van der Waals surface area (Å²) in [5.74, 6) is -1.73. The normalized spacial score (nSPS) is 12.7. The lowest BCUT2D eigenvalue weighted by Crippen LogP contribution is -2.40. The third-order valence-corrected chi connectivity index (χ3v) is 7.53. The number of carbonyl (C=O) groups excluding carboxylic acids is 2. The highest BCUT2D eigenvalue weighted by atomic mass is 16.6. The zero-order chi connectivity index (χ0) is 33.0. The number of imidazole rings is 1. The standard InChI is InChI=1S/C40H42N2O4/c1-38(2,3)45-35(43)27-33(37(44)46-39(4,5)6)36-41-34(29-19-11-7-12-20-29)28-42(36)40(30-21-13-8-14-22-30,31-23-15-9-16-24-31)32-25-17-10-18-26-32/h7-26,28,33H,27H2,1-6H3. The fraction of sp³-hybridized carbons (Fsp3) is 0.275. The van der Waals surface area contributed by atoms with Crippen LogP contribution in [0.2, 0.25) is 0 Å². The first kappa shape index (κ1) is 32.4. The van der Waals surface area contributed by atoms with Crippen molar-refractivity contribution in [2.75, 3.05) is 0 Å². The van der Waals surface area contributed by atoms with Crippen LogP contribution in [-0.4, -0.2) is 32.7 Å². The fourth-order valence-corrected chi connectivity index (χ4v) is 5.82. The Morgan fingerprint density at radius 1 is 0.630 bits per heavy atom. The highest BCUT2D eigenvalue weighted by Crippen LogP contribution is 2.44. The van der Waals surface area contributed by atoms with Crippen molar-refractivity contribution in [1.82, 2.24) is 9.55 Å². The molecule has 0 aliphatic carbocycles. The Hall–Kier alpha value is -4.97. The van der Waals surface area contributed by atoms with E-state index >= 15 is 0 Å². The molecule has 0 bridgehead atoms. The fourth-order valence-electron chi connectivity index (χ4n) is 5.82. The van der Waals surface area contributed by atoms with Gasteiger partial charge in [-0.3, -0.25) is 9.59 Å². The summed E-state index contributed by atoms with van der Waals surface area (Å²) in [5.41, 5.74) is 1.93. The molecule has 0 N–H and O–H groups in total. The monoisotopic (exact) mass is 614 g/mol. The van der Waals surface area contributed by atoms with E-state index in [0.717, 1.165) is 22.3 Å². The van der Waals surface area contributed by atoms with Crippen molar-refractivity contribution in [2.24, 2.45) is 0 Å². The number of nitrogens with zero attached hydrogens (tertiary/aromatic N) is 2. The first-order chi connectivity index (χ1) is 21.9. The van der Waals surface area contributed by atoms with E-state index in [1.165, 1.54) is 0 Å². The lowest BCUT2D eigenvalue weighted by molar-refractivity contribution is -0.164. The minimum absolute atomic E-state index is 0.244. The van der Waals surface area contributed by atoms with Gasteiger partial charge in [0.25, 0.3) is 0 Å². The number of hydrogen-bond donors (Lipinski definition) is 0. The highest BCUT2D eigenvalue weighted by Gasteiger charge is 2.44. The number of esters is 2. The molecule has 5 aromatic rings. The highest BCUT2D eigenvalue weighted by molar-refractivity contribution is 5.84. The van der Waals surface area contributed by atoms with Crippen molar-refractivity contribution in [3.63, 3.8) is 0 Å². The molecule has 0 saturated heterocycles. The number of benzene rings is 4. The van der Waals surface area contributed by atoms with Crippen LogP contribution in [0.1, 0.15) is 76.4 Å². The second-order valence-corrected chi connectivity index (χ2v) is 13.4. The molecule has 46 heavy (non-hydrogen) atoms. The average Bonchev–Trinajstić information content (AvgIpc) is 3.46. The van der Waals surface area contributed by atoms with Gasteiger partial charge in [-0.05, 0) is 58.2 Å². The van der Waals surface area contributed by atoms with Crippen molar-refractivity contribution >= 4 is 11.9 Å². The molecule has 0 radical (unpaired) electrons. The van der Waals surface area contributed by atoms with Crippen molar-refractivity contribution < 1.29 is 19.1 Å². The van der Waals surface area contributed by atoms with Gasteiger partial charge in [-0.1, -0.05) is 121 Å². The summed E-state index contributed by atoms with van der Waals surface area (Å²) in [6.07, 6.45) is 1.75. The number of hydrogen-bond acceptors (Lipinski definition) is 5. The van der Waals surface area contributed by atoms with Crippen LogP contribution < -0.4 is 0 Å². The van der Waals surface area contributed by atoms with E-state index in [2.05, 4.69) is 41.0 Å². The van der Waals surface area contributed by atoms with Crippen LogP contribution in [0.3, 0.4) is 0 Å². The van der Waals surface area contributed by atoms with Gasteiger partial charge in [-0.15, -0.1) is 0 Å². The Kier molecular flexibility index (Phi) is 9.29. The second-order valence-electron chi connectivity index (χ2n) is 13.4. The Labute approximate surface area is 272 Å². The molecular formula is C40H42N2O4. The van der Waals surface area contributed by atoms with Gasteiger partial charge in [0.1, 0.15) is 28.5 Å². The predicted octanol–water partition coefficient (Wildman–Crippen LogP) is 8.55. The maximum Gasteiger partial charge on any atom is 0.317 e. The number of carbonyl (C=O) groups is 2. The molecule has 1 atom stereocenters. The first-order valence-electron chi connectivity index (χ1n) is 15.6. The van der Waals surface area contributed by atoms with Gasteiger partial charge in [0, 0.05) is 11.8 Å². The van der Waals surface area contributed by atoms with Crippen molar-refractivity contribution in [3.05, 3.63) is 150 Å². The number of rotatable bonds is 9. The van der Waals surface area contributed by atoms with Gasteiger partial charge in [0.15, 0.2) is 0 Å². The van der Waals surface area contributed by atoms with Gasteiger partial charge < -0.3 is 14.0 Å². The van der Waals surface area contributed by atoms with Gasteiger partial charge >= 0.3 is 11.9 Å². The number of aromatic nitrogens is 2. The quantitative estimate of drug-likeness (QED) is 0.123. The SMILES string of the molecule is CC(C)(C)OC(=O)CC(C(=O)OC(C)(C)C)c1nc(-c2ccccc2)cn1C(c1ccccc1)(c1ccccc1)c1ccccc1. The zero-order valence-corrected chi connectivity index (χ0v) is 27.4. The van der Waals surface area contributed by atoms with E-state index in [9.17, 15) is 9.59 Å². The molecule has 4 aromatic carbocycles. The zero-order valence-electron chi connectivity index (χ0n) is 27.4. The molecule has 5 rings (SSSR count). The van der Waals surface area contributed by atoms with Crippen LogP contribution in [0, 0.1) is 0 Å². The van der Waals surface area contributed by atoms with Crippen LogP contribution >= 0.6 is 0 Å². The van der Waals surface area contributed by atoms with Crippen LogP contribution in [0.25, 0.3) is 11.3 Å².